The van der Waals surface area contributed by atoms with E-state index in [1.807, 2.05) is 4.72 Å². The fourth-order valence-corrected chi connectivity index (χ4v) is 5.38. The molecule has 0 radical (unpaired) electrons. The Bertz CT molecular complexity index is 1150. The predicted octanol–water partition coefficient (Wildman–Crippen LogP) is 1.84. The second-order valence-corrected chi connectivity index (χ2v) is 9.41. The number of nitrogens with zero attached hydrogens (tertiary/aromatic N) is 1. The standard InChI is InChI=1S/C16H14F2N2O6S2/c1-26-14-3-2-13(20-16(21)4-5-27(20,22)23)9-15(14)28(24,25)19-12-7-10(17)6-11(18)8-12/h2-3,6-9,19H,4-5H2,1H3. The Morgan fingerprint density at radius 2 is 1.75 bits per heavy atom. The average Bonchev–Trinajstić information content (AvgIpc) is 2.86. The first-order chi connectivity index (χ1) is 13.0. The summed E-state index contributed by atoms with van der Waals surface area (Å²) in [6, 6.07) is 5.45. The molecule has 1 amide bonds. The third kappa shape index (κ3) is 3.78. The van der Waals surface area contributed by atoms with Crippen LogP contribution in [0, 0.1) is 11.6 Å². The van der Waals surface area contributed by atoms with Gasteiger partial charge in [-0.05, 0) is 30.3 Å². The van der Waals surface area contributed by atoms with Crippen molar-refractivity contribution < 1.29 is 35.1 Å². The maximum absolute atomic E-state index is 13.3. The van der Waals surface area contributed by atoms with E-state index in [1.165, 1.54) is 19.2 Å². The van der Waals surface area contributed by atoms with E-state index in [-0.39, 0.29) is 29.3 Å². The molecule has 1 saturated heterocycles. The quantitative estimate of drug-likeness (QED) is 0.772. The van der Waals surface area contributed by atoms with Crippen LogP contribution in [0.3, 0.4) is 0 Å². The summed E-state index contributed by atoms with van der Waals surface area (Å²) in [5.74, 6) is -3.23. The first kappa shape index (κ1) is 20.0. The Hall–Kier alpha value is -2.73. The third-order valence-electron chi connectivity index (χ3n) is 3.86. The van der Waals surface area contributed by atoms with Crippen molar-refractivity contribution in [2.75, 3.05) is 21.9 Å². The van der Waals surface area contributed by atoms with Crippen LogP contribution in [-0.4, -0.2) is 35.6 Å². The number of hydrogen-bond acceptors (Lipinski definition) is 6. The maximum atomic E-state index is 13.3. The number of halogens is 2. The van der Waals surface area contributed by atoms with Gasteiger partial charge in [0.1, 0.15) is 22.3 Å². The van der Waals surface area contributed by atoms with E-state index in [1.54, 1.807) is 0 Å². The zero-order chi connectivity index (χ0) is 20.7. The van der Waals surface area contributed by atoms with Crippen LogP contribution in [-0.2, 0) is 24.8 Å². The summed E-state index contributed by atoms with van der Waals surface area (Å²) < 4.78 is 83.8. The summed E-state index contributed by atoms with van der Waals surface area (Å²) in [5, 5.41) is 0. The van der Waals surface area contributed by atoms with Crippen LogP contribution in [0.5, 0.6) is 5.75 Å². The van der Waals surface area contributed by atoms with Gasteiger partial charge in [-0.15, -0.1) is 0 Å². The summed E-state index contributed by atoms with van der Waals surface area (Å²) in [6.07, 6.45) is -0.225. The molecule has 1 aliphatic heterocycles. The molecule has 1 aliphatic rings. The minimum atomic E-state index is -4.44. The number of amides is 1. The second kappa shape index (κ2) is 7.02. The molecule has 150 valence electrons. The minimum absolute atomic E-state index is 0.155. The van der Waals surface area contributed by atoms with Crippen LogP contribution in [0.2, 0.25) is 0 Å². The van der Waals surface area contributed by atoms with Gasteiger partial charge in [0.25, 0.3) is 10.0 Å². The molecule has 0 bridgehead atoms. The van der Waals surface area contributed by atoms with Crippen LogP contribution < -0.4 is 13.8 Å². The second-order valence-electron chi connectivity index (χ2n) is 5.82. The molecule has 2 aromatic rings. The fourth-order valence-electron chi connectivity index (χ4n) is 2.69. The number of sulfonamides is 2. The lowest BCUT2D eigenvalue weighted by Gasteiger charge is -2.18. The number of ether oxygens (including phenoxy) is 1. The Labute approximate surface area is 159 Å². The molecular formula is C16H14F2N2O6S2. The Kier molecular flexibility index (Phi) is 5.02. The molecule has 2 aromatic carbocycles. The molecular weight excluding hydrogens is 418 g/mol. The Morgan fingerprint density at radius 3 is 2.29 bits per heavy atom. The molecule has 1 fully saturated rings. The largest absolute Gasteiger partial charge is 0.495 e. The third-order valence-corrected chi connectivity index (χ3v) is 6.96. The zero-order valence-electron chi connectivity index (χ0n) is 14.3. The molecule has 0 atom stereocenters. The summed E-state index contributed by atoms with van der Waals surface area (Å²) in [5.41, 5.74) is -0.566. The molecule has 28 heavy (non-hydrogen) atoms. The maximum Gasteiger partial charge on any atom is 0.265 e. The van der Waals surface area contributed by atoms with E-state index < -0.39 is 42.5 Å². The highest BCUT2D eigenvalue weighted by Gasteiger charge is 2.37. The molecule has 0 aromatic heterocycles. The number of anilines is 2. The monoisotopic (exact) mass is 432 g/mol. The highest BCUT2D eigenvalue weighted by molar-refractivity contribution is 7.94. The first-order valence-corrected chi connectivity index (χ1v) is 10.9. The Balaban J connectivity index is 2.08. The molecule has 12 heteroatoms. The topological polar surface area (TPSA) is 110 Å². The lowest BCUT2D eigenvalue weighted by atomic mass is 10.3. The van der Waals surface area contributed by atoms with Crippen molar-refractivity contribution in [2.24, 2.45) is 0 Å². The highest BCUT2D eigenvalue weighted by atomic mass is 32.2. The van der Waals surface area contributed by atoms with Crippen LogP contribution in [0.15, 0.2) is 41.3 Å². The van der Waals surface area contributed by atoms with Gasteiger partial charge in [0, 0.05) is 12.5 Å². The van der Waals surface area contributed by atoms with Crippen molar-refractivity contribution in [3.05, 3.63) is 48.0 Å². The molecule has 0 spiro atoms. The molecule has 0 aliphatic carbocycles. The SMILES string of the molecule is COc1ccc(N2C(=O)CCS2(=O)=O)cc1S(=O)(=O)Nc1cc(F)cc(F)c1. The zero-order valence-corrected chi connectivity index (χ0v) is 16.0. The van der Waals surface area contributed by atoms with Crippen LogP contribution in [0.1, 0.15) is 6.42 Å². The first-order valence-electron chi connectivity index (χ1n) is 7.76. The lowest BCUT2D eigenvalue weighted by molar-refractivity contribution is -0.116. The molecule has 1 N–H and O–H groups in total. The van der Waals surface area contributed by atoms with Gasteiger partial charge in [-0.3, -0.25) is 9.52 Å². The summed E-state index contributed by atoms with van der Waals surface area (Å²) >= 11 is 0. The van der Waals surface area contributed by atoms with E-state index in [0.29, 0.717) is 10.4 Å². The molecule has 1 heterocycles. The fraction of sp³-hybridized carbons (Fsp3) is 0.188. The number of carbonyl (C=O) groups is 1. The van der Waals surface area contributed by atoms with E-state index >= 15 is 0 Å². The normalized spacial score (nSPS) is 16.2. The van der Waals surface area contributed by atoms with Crippen LogP contribution >= 0.6 is 0 Å². The van der Waals surface area contributed by atoms with Crippen molar-refractivity contribution in [3.63, 3.8) is 0 Å². The van der Waals surface area contributed by atoms with Gasteiger partial charge >= 0.3 is 0 Å². The summed E-state index contributed by atoms with van der Waals surface area (Å²) in [4.78, 5) is 11.4. The van der Waals surface area contributed by atoms with Crippen LogP contribution in [0.25, 0.3) is 0 Å². The van der Waals surface area contributed by atoms with E-state index in [0.717, 1.165) is 18.2 Å². The lowest BCUT2D eigenvalue weighted by Crippen LogP contribution is -2.29. The number of hydrogen-bond donors (Lipinski definition) is 1. The van der Waals surface area contributed by atoms with Gasteiger partial charge in [0.05, 0.1) is 24.2 Å². The van der Waals surface area contributed by atoms with E-state index in [9.17, 15) is 30.4 Å². The molecule has 0 unspecified atom stereocenters. The van der Waals surface area contributed by atoms with Crippen molar-refractivity contribution in [2.45, 2.75) is 11.3 Å². The van der Waals surface area contributed by atoms with Gasteiger partial charge in [-0.1, -0.05) is 0 Å². The predicted molar refractivity (Wildman–Crippen MR) is 96.1 cm³/mol. The van der Waals surface area contributed by atoms with Crippen molar-refractivity contribution >= 4 is 37.3 Å². The van der Waals surface area contributed by atoms with Gasteiger partial charge < -0.3 is 4.74 Å². The van der Waals surface area contributed by atoms with E-state index in [2.05, 4.69) is 0 Å². The van der Waals surface area contributed by atoms with Crippen molar-refractivity contribution in [1.29, 1.82) is 0 Å². The van der Waals surface area contributed by atoms with Crippen LogP contribution in [0.4, 0.5) is 20.2 Å². The molecule has 8 nitrogen and oxygen atoms in total. The molecule has 3 rings (SSSR count). The van der Waals surface area contributed by atoms with Crippen molar-refractivity contribution in [1.82, 2.24) is 0 Å². The summed E-state index contributed by atoms with van der Waals surface area (Å²) in [6.45, 7) is 0. The van der Waals surface area contributed by atoms with Gasteiger partial charge in [0.2, 0.25) is 15.9 Å². The van der Waals surface area contributed by atoms with E-state index in [4.69, 9.17) is 4.74 Å². The van der Waals surface area contributed by atoms with Gasteiger partial charge in [0.15, 0.2) is 0 Å². The van der Waals surface area contributed by atoms with Gasteiger partial charge in [-0.2, -0.15) is 0 Å². The minimum Gasteiger partial charge on any atom is -0.495 e. The number of methoxy groups -OCH3 is 1. The number of rotatable bonds is 5. The summed E-state index contributed by atoms with van der Waals surface area (Å²) in [7, 11) is -7.16. The number of benzene rings is 2. The molecule has 0 saturated carbocycles. The van der Waals surface area contributed by atoms with Crippen molar-refractivity contribution in [3.8, 4) is 5.75 Å². The number of carbonyl (C=O) groups excluding carboxylic acids is 1. The Morgan fingerprint density at radius 1 is 1.11 bits per heavy atom. The average molecular weight is 432 g/mol. The smallest absolute Gasteiger partial charge is 0.265 e. The number of nitrogens with one attached hydrogen (secondary N) is 1. The highest BCUT2D eigenvalue weighted by Crippen LogP contribution is 2.33. The van der Waals surface area contributed by atoms with Gasteiger partial charge in [-0.25, -0.2) is 29.9 Å².